The molecule has 2 N–H and O–H groups in total. The number of hydrogen-bond donors (Lipinski definition) is 2. The lowest BCUT2D eigenvalue weighted by atomic mass is 10.3. The van der Waals surface area contributed by atoms with E-state index in [0.29, 0.717) is 11.6 Å². The zero-order valence-electron chi connectivity index (χ0n) is 8.96. The maximum absolute atomic E-state index is 10.4. The molecular weight excluding hydrogens is 238 g/mol. The maximum atomic E-state index is 10.4. The van der Waals surface area contributed by atoms with Gasteiger partial charge in [-0.25, -0.2) is 0 Å². The third kappa shape index (κ3) is 3.53. The zero-order valence-corrected chi connectivity index (χ0v) is 9.78. The number of rotatable bonds is 5. The van der Waals surface area contributed by atoms with Crippen molar-refractivity contribution in [2.75, 3.05) is 5.32 Å². The van der Waals surface area contributed by atoms with E-state index in [2.05, 4.69) is 15.5 Å². The molecule has 1 aromatic carbocycles. The van der Waals surface area contributed by atoms with E-state index < -0.39 is 5.97 Å². The number of para-hydroxylation sites is 1. The summed E-state index contributed by atoms with van der Waals surface area (Å²) in [6, 6.07) is 9.64. The van der Waals surface area contributed by atoms with Gasteiger partial charge < -0.3 is 10.4 Å². The van der Waals surface area contributed by atoms with E-state index in [-0.39, 0.29) is 6.42 Å². The number of aliphatic carboxylic acids is 1. The van der Waals surface area contributed by atoms with E-state index in [4.69, 9.17) is 5.11 Å². The number of carboxylic acid groups (broad SMARTS) is 1. The highest BCUT2D eigenvalue weighted by molar-refractivity contribution is 7.15. The Bertz CT molecular complexity index is 498. The van der Waals surface area contributed by atoms with Crippen LogP contribution in [-0.2, 0) is 11.2 Å². The standard InChI is InChI=1S/C11H11N3O2S/c15-10(16)7-6-9-13-14-11(17-9)12-8-4-2-1-3-5-8/h1-5H,6-7H2,(H,12,14)(H,15,16). The molecule has 0 aliphatic rings. The number of nitrogens with zero attached hydrogens (tertiary/aromatic N) is 2. The Balaban J connectivity index is 1.97. The van der Waals surface area contributed by atoms with Crippen molar-refractivity contribution < 1.29 is 9.90 Å². The fourth-order valence-corrected chi connectivity index (χ4v) is 2.02. The molecule has 2 rings (SSSR count). The lowest BCUT2D eigenvalue weighted by molar-refractivity contribution is -0.136. The lowest BCUT2D eigenvalue weighted by Gasteiger charge is -1.99. The van der Waals surface area contributed by atoms with Gasteiger partial charge in [-0.1, -0.05) is 29.5 Å². The molecule has 0 amide bonds. The van der Waals surface area contributed by atoms with Gasteiger partial charge in [-0.15, -0.1) is 10.2 Å². The maximum Gasteiger partial charge on any atom is 0.303 e. The molecule has 6 heteroatoms. The number of anilines is 2. The van der Waals surface area contributed by atoms with E-state index >= 15 is 0 Å². The van der Waals surface area contributed by atoms with Crippen LogP contribution in [0.5, 0.6) is 0 Å². The summed E-state index contributed by atoms with van der Waals surface area (Å²) in [6.07, 6.45) is 0.503. The van der Waals surface area contributed by atoms with E-state index in [0.717, 1.165) is 10.7 Å². The van der Waals surface area contributed by atoms with Crippen molar-refractivity contribution in [2.24, 2.45) is 0 Å². The van der Waals surface area contributed by atoms with Crippen molar-refractivity contribution in [1.82, 2.24) is 10.2 Å². The monoisotopic (exact) mass is 249 g/mol. The van der Waals surface area contributed by atoms with E-state index in [1.165, 1.54) is 11.3 Å². The molecule has 0 radical (unpaired) electrons. The molecule has 1 aromatic heterocycles. The zero-order chi connectivity index (χ0) is 12.1. The average Bonchev–Trinajstić information content (AvgIpc) is 2.75. The number of benzene rings is 1. The smallest absolute Gasteiger partial charge is 0.303 e. The van der Waals surface area contributed by atoms with Crippen molar-refractivity contribution in [3.8, 4) is 0 Å². The third-order valence-corrected chi connectivity index (χ3v) is 2.94. The first-order chi connectivity index (χ1) is 8.24. The molecule has 5 nitrogen and oxygen atoms in total. The Morgan fingerprint density at radius 2 is 2.06 bits per heavy atom. The van der Waals surface area contributed by atoms with E-state index in [1.54, 1.807) is 0 Å². The first-order valence-corrected chi connectivity index (χ1v) is 5.92. The normalized spacial score (nSPS) is 10.1. The van der Waals surface area contributed by atoms with Crippen LogP contribution in [-0.4, -0.2) is 21.3 Å². The lowest BCUT2D eigenvalue weighted by Crippen LogP contribution is -1.96. The Morgan fingerprint density at radius 3 is 2.76 bits per heavy atom. The number of carboxylic acids is 1. The Kier molecular flexibility index (Phi) is 3.66. The second-order valence-corrected chi connectivity index (χ2v) is 4.45. The summed E-state index contributed by atoms with van der Waals surface area (Å²) >= 11 is 1.37. The molecule has 0 fully saturated rings. The molecule has 0 bridgehead atoms. The van der Waals surface area contributed by atoms with Gasteiger partial charge in [-0.2, -0.15) is 0 Å². The molecule has 1 heterocycles. The number of aryl methyl sites for hydroxylation is 1. The van der Waals surface area contributed by atoms with Crippen molar-refractivity contribution in [3.63, 3.8) is 0 Å². The van der Waals surface area contributed by atoms with E-state index in [1.807, 2.05) is 30.3 Å². The van der Waals surface area contributed by atoms with Gasteiger partial charge in [0, 0.05) is 12.1 Å². The Labute approximate surface area is 102 Å². The number of hydrogen-bond acceptors (Lipinski definition) is 5. The first kappa shape index (κ1) is 11.5. The molecule has 2 aromatic rings. The highest BCUT2D eigenvalue weighted by Crippen LogP contribution is 2.21. The van der Waals surface area contributed by atoms with Crippen LogP contribution in [0.2, 0.25) is 0 Å². The summed E-state index contributed by atoms with van der Waals surface area (Å²) in [5, 5.41) is 21.0. The molecular formula is C11H11N3O2S. The van der Waals surface area contributed by atoms with Crippen molar-refractivity contribution in [3.05, 3.63) is 35.3 Å². The summed E-state index contributed by atoms with van der Waals surface area (Å²) in [4.78, 5) is 10.4. The van der Waals surface area contributed by atoms with Crippen molar-refractivity contribution in [2.45, 2.75) is 12.8 Å². The quantitative estimate of drug-likeness (QED) is 0.850. The van der Waals surface area contributed by atoms with Crippen LogP contribution in [0.4, 0.5) is 10.8 Å². The third-order valence-electron chi connectivity index (χ3n) is 2.04. The molecule has 0 atom stereocenters. The minimum Gasteiger partial charge on any atom is -0.481 e. The number of carbonyl (C=O) groups is 1. The summed E-state index contributed by atoms with van der Waals surface area (Å²) in [5.74, 6) is -0.822. The molecule has 0 saturated carbocycles. The molecule has 88 valence electrons. The first-order valence-electron chi connectivity index (χ1n) is 5.10. The van der Waals surface area contributed by atoms with Crippen LogP contribution < -0.4 is 5.32 Å². The highest BCUT2D eigenvalue weighted by atomic mass is 32.1. The topological polar surface area (TPSA) is 75.1 Å². The van der Waals surface area contributed by atoms with Gasteiger partial charge in [0.15, 0.2) is 0 Å². The minimum absolute atomic E-state index is 0.0833. The average molecular weight is 249 g/mol. The predicted octanol–water partition coefficient (Wildman–Crippen LogP) is 2.30. The summed E-state index contributed by atoms with van der Waals surface area (Å²) in [6.45, 7) is 0. The Hall–Kier alpha value is -1.95. The minimum atomic E-state index is -0.822. The molecule has 0 spiro atoms. The van der Waals surface area contributed by atoms with Gasteiger partial charge in [-0.05, 0) is 12.1 Å². The van der Waals surface area contributed by atoms with Gasteiger partial charge >= 0.3 is 5.97 Å². The van der Waals surface area contributed by atoms with Crippen LogP contribution in [0.25, 0.3) is 0 Å². The highest BCUT2D eigenvalue weighted by Gasteiger charge is 2.06. The summed E-state index contributed by atoms with van der Waals surface area (Å²) in [7, 11) is 0. The van der Waals surface area contributed by atoms with Crippen LogP contribution in [0, 0.1) is 0 Å². The molecule has 0 aliphatic heterocycles. The fraction of sp³-hybridized carbons (Fsp3) is 0.182. The number of nitrogens with one attached hydrogen (secondary N) is 1. The molecule has 0 aliphatic carbocycles. The SMILES string of the molecule is O=C(O)CCc1nnc(Nc2ccccc2)s1. The largest absolute Gasteiger partial charge is 0.481 e. The van der Waals surface area contributed by atoms with Gasteiger partial charge in [0.1, 0.15) is 5.01 Å². The van der Waals surface area contributed by atoms with Gasteiger partial charge in [-0.3, -0.25) is 4.79 Å². The predicted molar refractivity (Wildman–Crippen MR) is 65.6 cm³/mol. The van der Waals surface area contributed by atoms with Crippen LogP contribution in [0.1, 0.15) is 11.4 Å². The molecule has 0 unspecified atom stereocenters. The van der Waals surface area contributed by atoms with Gasteiger partial charge in [0.25, 0.3) is 0 Å². The van der Waals surface area contributed by atoms with Gasteiger partial charge in [0.05, 0.1) is 6.42 Å². The fourth-order valence-electron chi connectivity index (χ4n) is 1.26. The van der Waals surface area contributed by atoms with Crippen molar-refractivity contribution >= 4 is 28.1 Å². The second kappa shape index (κ2) is 5.40. The van der Waals surface area contributed by atoms with Crippen LogP contribution in [0.3, 0.4) is 0 Å². The van der Waals surface area contributed by atoms with Crippen LogP contribution in [0.15, 0.2) is 30.3 Å². The molecule has 0 saturated heterocycles. The van der Waals surface area contributed by atoms with Gasteiger partial charge in [0.2, 0.25) is 5.13 Å². The van der Waals surface area contributed by atoms with Crippen LogP contribution >= 0.6 is 11.3 Å². The summed E-state index contributed by atoms with van der Waals surface area (Å²) in [5.41, 5.74) is 0.938. The summed E-state index contributed by atoms with van der Waals surface area (Å²) < 4.78 is 0. The second-order valence-electron chi connectivity index (χ2n) is 3.39. The number of aromatic nitrogens is 2. The van der Waals surface area contributed by atoms with E-state index in [9.17, 15) is 4.79 Å². The van der Waals surface area contributed by atoms with Crippen molar-refractivity contribution in [1.29, 1.82) is 0 Å². The Morgan fingerprint density at radius 1 is 1.29 bits per heavy atom. The molecule has 17 heavy (non-hydrogen) atoms.